The van der Waals surface area contributed by atoms with Crippen molar-refractivity contribution in [3.05, 3.63) is 22.9 Å². The molecule has 0 bridgehead atoms. The summed E-state index contributed by atoms with van der Waals surface area (Å²) in [6.45, 7) is -0.104. The monoisotopic (exact) mass is 201 g/mol. The van der Waals surface area contributed by atoms with Crippen LogP contribution in [0.4, 0.5) is 14.6 Å². The van der Waals surface area contributed by atoms with E-state index in [9.17, 15) is 13.6 Å². The Labute approximate surface area is 78.9 Å². The predicted octanol–water partition coefficient (Wildman–Crippen LogP) is 0.873. The van der Waals surface area contributed by atoms with E-state index in [-0.39, 0.29) is 29.9 Å². The van der Waals surface area contributed by atoms with Gasteiger partial charge in [0.05, 0.1) is 5.56 Å². The van der Waals surface area contributed by atoms with Crippen LogP contribution in [0.15, 0.2) is 6.07 Å². The summed E-state index contributed by atoms with van der Waals surface area (Å²) in [6, 6.07) is 1.24. The molecule has 0 amide bonds. The first-order chi connectivity index (χ1) is 6.60. The van der Waals surface area contributed by atoms with E-state index >= 15 is 0 Å². The maximum Gasteiger partial charge on any atom is 0.266 e. The molecular formula is C8H9F2N3O. The Morgan fingerprint density at radius 3 is 2.64 bits per heavy atom. The Morgan fingerprint density at radius 2 is 2.21 bits per heavy atom. The van der Waals surface area contributed by atoms with Crippen LogP contribution in [0.3, 0.4) is 0 Å². The van der Waals surface area contributed by atoms with Crippen molar-refractivity contribution in [2.45, 2.75) is 13.0 Å². The van der Waals surface area contributed by atoms with Gasteiger partial charge < -0.3 is 11.5 Å². The molecule has 1 aromatic heterocycles. The molecule has 0 saturated heterocycles. The number of aromatic nitrogens is 1. The van der Waals surface area contributed by atoms with Gasteiger partial charge in [-0.3, -0.25) is 4.79 Å². The largest absolute Gasteiger partial charge is 0.384 e. The molecule has 1 aromatic rings. The zero-order chi connectivity index (χ0) is 10.7. The number of nitrogens with zero attached hydrogens (tertiary/aromatic N) is 1. The van der Waals surface area contributed by atoms with Crippen LogP contribution >= 0.6 is 0 Å². The molecule has 0 aliphatic heterocycles. The maximum absolute atomic E-state index is 12.5. The molecule has 0 aliphatic rings. The molecular weight excluding hydrogens is 192 g/mol. The highest BCUT2D eigenvalue weighted by atomic mass is 19.3. The van der Waals surface area contributed by atoms with Crippen molar-refractivity contribution in [1.82, 2.24) is 4.98 Å². The Balaban J connectivity index is 3.40. The number of nitrogen functional groups attached to an aromatic ring is 1. The van der Waals surface area contributed by atoms with Gasteiger partial charge in [0.15, 0.2) is 6.29 Å². The number of carbonyl (C=O) groups is 1. The van der Waals surface area contributed by atoms with E-state index in [1.807, 2.05) is 0 Å². The van der Waals surface area contributed by atoms with E-state index < -0.39 is 12.0 Å². The van der Waals surface area contributed by atoms with Crippen LogP contribution in [-0.2, 0) is 6.54 Å². The van der Waals surface area contributed by atoms with Gasteiger partial charge in [0.1, 0.15) is 11.5 Å². The first kappa shape index (κ1) is 10.5. The van der Waals surface area contributed by atoms with Crippen LogP contribution < -0.4 is 11.5 Å². The van der Waals surface area contributed by atoms with Crippen molar-refractivity contribution in [2.24, 2.45) is 5.73 Å². The zero-order valence-corrected chi connectivity index (χ0v) is 7.21. The third-order valence-corrected chi connectivity index (χ3v) is 1.74. The number of halogens is 2. The highest BCUT2D eigenvalue weighted by Gasteiger charge is 2.18. The summed E-state index contributed by atoms with van der Waals surface area (Å²) in [5, 5.41) is 0. The second-order valence-corrected chi connectivity index (χ2v) is 2.63. The average Bonchev–Trinajstić information content (AvgIpc) is 2.15. The van der Waals surface area contributed by atoms with Crippen molar-refractivity contribution < 1.29 is 13.6 Å². The number of hydrogen-bond acceptors (Lipinski definition) is 4. The van der Waals surface area contributed by atoms with E-state index in [1.54, 1.807) is 0 Å². The van der Waals surface area contributed by atoms with Gasteiger partial charge in [-0.05, 0) is 11.6 Å². The fourth-order valence-corrected chi connectivity index (χ4v) is 1.16. The lowest BCUT2D eigenvalue weighted by molar-refractivity contribution is 0.110. The Hall–Kier alpha value is -1.56. The standard InChI is InChI=1S/C8H9F2N3O/c9-8(10)7-4(2-11)1-6(12)13-5(7)3-14/h1,3,8H,2,11H2,(H2,12,13). The molecule has 0 radical (unpaired) electrons. The van der Waals surface area contributed by atoms with Crippen molar-refractivity contribution in [3.8, 4) is 0 Å². The summed E-state index contributed by atoms with van der Waals surface area (Å²) in [7, 11) is 0. The molecule has 76 valence electrons. The summed E-state index contributed by atoms with van der Waals surface area (Å²) in [5.74, 6) is 0.0111. The molecule has 0 unspecified atom stereocenters. The van der Waals surface area contributed by atoms with Crippen LogP contribution in [0.1, 0.15) is 28.0 Å². The van der Waals surface area contributed by atoms with Crippen LogP contribution in [0.25, 0.3) is 0 Å². The van der Waals surface area contributed by atoms with Gasteiger partial charge in [-0.2, -0.15) is 0 Å². The van der Waals surface area contributed by atoms with Gasteiger partial charge in [-0.25, -0.2) is 13.8 Å². The fourth-order valence-electron chi connectivity index (χ4n) is 1.16. The average molecular weight is 201 g/mol. The third kappa shape index (κ3) is 1.85. The lowest BCUT2D eigenvalue weighted by Crippen LogP contribution is -2.09. The number of hydrogen-bond donors (Lipinski definition) is 2. The molecule has 0 spiro atoms. The number of carbonyl (C=O) groups excluding carboxylic acids is 1. The minimum absolute atomic E-state index is 0.0111. The minimum Gasteiger partial charge on any atom is -0.384 e. The molecule has 0 fully saturated rings. The first-order valence-corrected chi connectivity index (χ1v) is 3.82. The number of aldehydes is 1. The number of alkyl halides is 2. The van der Waals surface area contributed by atoms with Gasteiger partial charge >= 0.3 is 0 Å². The van der Waals surface area contributed by atoms with E-state index in [4.69, 9.17) is 11.5 Å². The predicted molar refractivity (Wildman–Crippen MR) is 46.9 cm³/mol. The third-order valence-electron chi connectivity index (χ3n) is 1.74. The van der Waals surface area contributed by atoms with Gasteiger partial charge in [0.2, 0.25) is 0 Å². The molecule has 4 nitrogen and oxygen atoms in total. The maximum atomic E-state index is 12.5. The highest BCUT2D eigenvalue weighted by Crippen LogP contribution is 2.26. The van der Waals surface area contributed by atoms with E-state index in [0.717, 1.165) is 0 Å². The zero-order valence-electron chi connectivity index (χ0n) is 7.21. The van der Waals surface area contributed by atoms with E-state index in [1.165, 1.54) is 6.07 Å². The molecule has 0 saturated carbocycles. The van der Waals surface area contributed by atoms with Crippen LogP contribution in [0, 0.1) is 0 Å². The molecule has 0 atom stereocenters. The molecule has 6 heteroatoms. The van der Waals surface area contributed by atoms with Crippen LogP contribution in [0.2, 0.25) is 0 Å². The lowest BCUT2D eigenvalue weighted by atomic mass is 10.1. The summed E-state index contributed by atoms with van der Waals surface area (Å²) in [5.41, 5.74) is 9.92. The number of rotatable bonds is 3. The Morgan fingerprint density at radius 1 is 1.57 bits per heavy atom. The van der Waals surface area contributed by atoms with Crippen LogP contribution in [0.5, 0.6) is 0 Å². The summed E-state index contributed by atoms with van der Waals surface area (Å²) < 4.78 is 25.0. The van der Waals surface area contributed by atoms with Crippen molar-refractivity contribution in [2.75, 3.05) is 5.73 Å². The summed E-state index contributed by atoms with van der Waals surface area (Å²) in [6.07, 6.45) is -2.53. The second-order valence-electron chi connectivity index (χ2n) is 2.63. The highest BCUT2D eigenvalue weighted by molar-refractivity contribution is 5.76. The van der Waals surface area contributed by atoms with Gasteiger partial charge in [-0.15, -0.1) is 0 Å². The molecule has 1 heterocycles. The van der Waals surface area contributed by atoms with Gasteiger partial charge in [0, 0.05) is 6.54 Å². The molecule has 1 rings (SSSR count). The van der Waals surface area contributed by atoms with Crippen molar-refractivity contribution >= 4 is 12.1 Å². The van der Waals surface area contributed by atoms with Gasteiger partial charge in [0.25, 0.3) is 6.43 Å². The molecule has 0 aromatic carbocycles. The minimum atomic E-state index is -2.78. The Bertz CT molecular complexity index is 355. The smallest absolute Gasteiger partial charge is 0.266 e. The summed E-state index contributed by atoms with van der Waals surface area (Å²) in [4.78, 5) is 14.0. The molecule has 14 heavy (non-hydrogen) atoms. The van der Waals surface area contributed by atoms with Crippen LogP contribution in [-0.4, -0.2) is 11.3 Å². The normalized spacial score (nSPS) is 10.6. The quantitative estimate of drug-likeness (QED) is 0.711. The lowest BCUT2D eigenvalue weighted by Gasteiger charge is -2.09. The number of anilines is 1. The molecule has 4 N–H and O–H groups in total. The van der Waals surface area contributed by atoms with Crippen molar-refractivity contribution in [3.63, 3.8) is 0 Å². The van der Waals surface area contributed by atoms with E-state index in [0.29, 0.717) is 0 Å². The first-order valence-electron chi connectivity index (χ1n) is 3.82. The van der Waals surface area contributed by atoms with E-state index in [2.05, 4.69) is 4.98 Å². The number of nitrogens with two attached hydrogens (primary N) is 2. The SMILES string of the molecule is NCc1cc(N)nc(C=O)c1C(F)F. The van der Waals surface area contributed by atoms with Crippen molar-refractivity contribution in [1.29, 1.82) is 0 Å². The number of pyridine rings is 1. The van der Waals surface area contributed by atoms with Gasteiger partial charge in [-0.1, -0.05) is 0 Å². The second kappa shape index (κ2) is 4.10. The topological polar surface area (TPSA) is 82.0 Å². The molecule has 0 aliphatic carbocycles. The Kier molecular flexibility index (Phi) is 3.08. The fraction of sp³-hybridized carbons (Fsp3) is 0.250. The summed E-state index contributed by atoms with van der Waals surface area (Å²) >= 11 is 0.